The fourth-order valence-corrected chi connectivity index (χ4v) is 5.34. The van der Waals surface area contributed by atoms with Crippen molar-refractivity contribution in [3.63, 3.8) is 0 Å². The van der Waals surface area contributed by atoms with E-state index in [4.69, 9.17) is 17.3 Å². The highest BCUT2D eigenvalue weighted by Crippen LogP contribution is 2.46. The normalized spacial score (nSPS) is 22.6. The van der Waals surface area contributed by atoms with Gasteiger partial charge in [-0.1, -0.05) is 11.6 Å². The number of hydrogen-bond donors (Lipinski definition) is 2. The van der Waals surface area contributed by atoms with Crippen LogP contribution in [0.2, 0.25) is 5.02 Å². The van der Waals surface area contributed by atoms with Crippen LogP contribution in [0, 0.1) is 5.92 Å². The molecule has 1 saturated carbocycles. The monoisotopic (exact) mass is 380 g/mol. The van der Waals surface area contributed by atoms with Crippen LogP contribution in [0.1, 0.15) is 12.8 Å². The number of sulfonamides is 1. The largest absolute Gasteiger partial charge is 0.398 e. The second-order valence-electron chi connectivity index (χ2n) is 5.46. The molecule has 0 radical (unpaired) electrons. The molecule has 1 aromatic rings. The third-order valence-corrected chi connectivity index (χ3v) is 7.07. The van der Waals surface area contributed by atoms with Gasteiger partial charge in [-0.25, -0.2) is 8.42 Å². The van der Waals surface area contributed by atoms with Gasteiger partial charge in [0.1, 0.15) is 0 Å². The van der Waals surface area contributed by atoms with E-state index in [-0.39, 0.29) is 34.6 Å². The number of nitrogen functional groups attached to an aromatic ring is 1. The van der Waals surface area contributed by atoms with Gasteiger partial charge in [0, 0.05) is 23.8 Å². The molecule has 0 atom stereocenters. The molecule has 0 aromatic heterocycles. The van der Waals surface area contributed by atoms with Crippen molar-refractivity contribution in [2.45, 2.75) is 23.3 Å². The predicted molar refractivity (Wildman–Crippen MR) is 80.0 cm³/mol. The van der Waals surface area contributed by atoms with Gasteiger partial charge in [0.15, 0.2) is 0 Å². The summed E-state index contributed by atoms with van der Waals surface area (Å²) in [6, 6.07) is 2.85. The Kier molecular flexibility index (Phi) is 3.34. The minimum Gasteiger partial charge on any atom is -0.398 e. The van der Waals surface area contributed by atoms with Crippen molar-refractivity contribution in [2.75, 3.05) is 18.8 Å². The molecule has 1 aromatic carbocycles. The van der Waals surface area contributed by atoms with Crippen LogP contribution in [0.4, 0.5) is 5.69 Å². The van der Waals surface area contributed by atoms with Crippen LogP contribution in [-0.2, 0) is 10.0 Å². The molecule has 1 aliphatic carbocycles. The average molecular weight is 382 g/mol. The quantitative estimate of drug-likeness (QED) is 0.783. The van der Waals surface area contributed by atoms with Gasteiger partial charge in [-0.15, -0.1) is 0 Å². The van der Waals surface area contributed by atoms with Gasteiger partial charge in [0.25, 0.3) is 0 Å². The minimum absolute atomic E-state index is 0.0420. The van der Waals surface area contributed by atoms with Crippen LogP contribution >= 0.6 is 27.5 Å². The Morgan fingerprint density at radius 2 is 2.00 bits per heavy atom. The number of anilines is 1. The lowest BCUT2D eigenvalue weighted by atomic mass is 9.91. The molecule has 110 valence electrons. The summed E-state index contributed by atoms with van der Waals surface area (Å²) in [4.78, 5) is 0.0420. The third-order valence-electron chi connectivity index (χ3n) is 3.89. The van der Waals surface area contributed by atoms with Crippen molar-refractivity contribution in [3.8, 4) is 0 Å². The molecule has 2 aliphatic rings. The van der Waals surface area contributed by atoms with E-state index < -0.39 is 15.6 Å². The highest BCUT2D eigenvalue weighted by Gasteiger charge is 2.55. The van der Waals surface area contributed by atoms with E-state index in [0.717, 1.165) is 12.8 Å². The molecule has 3 N–H and O–H groups in total. The lowest BCUT2D eigenvalue weighted by Crippen LogP contribution is -2.64. The summed E-state index contributed by atoms with van der Waals surface area (Å²) in [5.41, 5.74) is 5.14. The molecule has 0 unspecified atom stereocenters. The van der Waals surface area contributed by atoms with Crippen molar-refractivity contribution in [3.05, 3.63) is 21.6 Å². The van der Waals surface area contributed by atoms with Crippen molar-refractivity contribution in [1.82, 2.24) is 4.31 Å². The van der Waals surface area contributed by atoms with Crippen LogP contribution in [-0.4, -0.2) is 36.5 Å². The molecule has 3 rings (SSSR count). The van der Waals surface area contributed by atoms with Gasteiger partial charge >= 0.3 is 0 Å². The number of hydrogen-bond acceptors (Lipinski definition) is 4. The lowest BCUT2D eigenvalue weighted by Gasteiger charge is -2.45. The summed E-state index contributed by atoms with van der Waals surface area (Å²) in [6.45, 7) is 0.276. The summed E-state index contributed by atoms with van der Waals surface area (Å²) in [5.74, 6) is 0.238. The van der Waals surface area contributed by atoms with Crippen molar-refractivity contribution >= 4 is 43.2 Å². The fourth-order valence-electron chi connectivity index (χ4n) is 2.52. The Balaban J connectivity index is 1.90. The van der Waals surface area contributed by atoms with E-state index in [2.05, 4.69) is 15.9 Å². The number of aliphatic hydroxyl groups is 1. The summed E-state index contributed by atoms with van der Waals surface area (Å²) < 4.78 is 26.7. The van der Waals surface area contributed by atoms with Crippen molar-refractivity contribution < 1.29 is 13.5 Å². The first-order valence-corrected chi connectivity index (χ1v) is 8.82. The van der Waals surface area contributed by atoms with Crippen LogP contribution in [0.25, 0.3) is 0 Å². The molecular weight excluding hydrogens is 368 g/mol. The van der Waals surface area contributed by atoms with Crippen molar-refractivity contribution in [1.29, 1.82) is 0 Å². The SMILES string of the molecule is Nc1cc(Cl)cc(S(=O)(=O)N2CC(O)(C3CC3)C2)c1Br. The Labute approximate surface area is 130 Å². The van der Waals surface area contributed by atoms with Gasteiger partial charge in [-0.3, -0.25) is 0 Å². The van der Waals surface area contributed by atoms with Crippen LogP contribution in [0.3, 0.4) is 0 Å². The highest BCUT2D eigenvalue weighted by molar-refractivity contribution is 9.10. The van der Waals surface area contributed by atoms with Gasteiger partial charge in [-0.05, 0) is 46.8 Å². The van der Waals surface area contributed by atoms with Gasteiger partial charge < -0.3 is 10.8 Å². The summed E-state index contributed by atoms with van der Waals surface area (Å²) in [7, 11) is -3.69. The van der Waals surface area contributed by atoms with Crippen LogP contribution in [0.15, 0.2) is 21.5 Å². The molecule has 1 aliphatic heterocycles. The zero-order valence-electron chi connectivity index (χ0n) is 10.5. The summed E-state index contributed by atoms with van der Waals surface area (Å²) in [6.07, 6.45) is 1.94. The molecule has 0 spiro atoms. The molecule has 0 bridgehead atoms. The maximum atomic E-state index is 12.5. The predicted octanol–water partition coefficient (Wildman–Crippen LogP) is 1.83. The Bertz CT molecular complexity index is 670. The van der Waals surface area contributed by atoms with E-state index in [9.17, 15) is 13.5 Å². The minimum atomic E-state index is -3.69. The molecule has 1 saturated heterocycles. The first kappa shape index (κ1) is 14.6. The molecule has 20 heavy (non-hydrogen) atoms. The lowest BCUT2D eigenvalue weighted by molar-refractivity contribution is -0.0764. The topological polar surface area (TPSA) is 83.6 Å². The maximum absolute atomic E-state index is 12.5. The number of rotatable bonds is 3. The second kappa shape index (κ2) is 4.58. The average Bonchev–Trinajstić information content (AvgIpc) is 3.13. The van der Waals surface area contributed by atoms with Crippen LogP contribution < -0.4 is 5.73 Å². The number of nitrogens with two attached hydrogens (primary N) is 1. The first-order chi connectivity index (χ1) is 9.24. The van der Waals surface area contributed by atoms with Crippen LogP contribution in [0.5, 0.6) is 0 Å². The Hall–Kier alpha value is -0.340. The molecule has 0 amide bonds. The maximum Gasteiger partial charge on any atom is 0.244 e. The molecule has 8 heteroatoms. The number of nitrogens with zero attached hydrogens (tertiary/aromatic N) is 1. The smallest absolute Gasteiger partial charge is 0.244 e. The standard InChI is InChI=1S/C12H14BrClN2O3S/c13-11-9(15)3-8(14)4-10(11)20(18,19)16-5-12(17,6-16)7-1-2-7/h3-4,7,17H,1-2,5-6,15H2. The first-order valence-electron chi connectivity index (χ1n) is 6.21. The van der Waals surface area contributed by atoms with Gasteiger partial charge in [-0.2, -0.15) is 4.31 Å². The summed E-state index contributed by atoms with van der Waals surface area (Å²) in [5, 5.41) is 10.5. The molecular formula is C12H14BrClN2O3S. The summed E-state index contributed by atoms with van der Waals surface area (Å²) >= 11 is 9.07. The van der Waals surface area contributed by atoms with E-state index in [1.807, 2.05) is 0 Å². The highest BCUT2D eigenvalue weighted by atomic mass is 79.9. The van der Waals surface area contributed by atoms with E-state index in [1.165, 1.54) is 16.4 Å². The van der Waals surface area contributed by atoms with E-state index in [1.54, 1.807) is 0 Å². The zero-order chi connectivity index (χ0) is 14.7. The second-order valence-corrected chi connectivity index (χ2v) is 8.59. The van der Waals surface area contributed by atoms with E-state index in [0.29, 0.717) is 4.47 Å². The number of benzene rings is 1. The van der Waals surface area contributed by atoms with E-state index >= 15 is 0 Å². The van der Waals surface area contributed by atoms with Gasteiger partial charge in [0.2, 0.25) is 10.0 Å². The Morgan fingerprint density at radius 1 is 1.40 bits per heavy atom. The molecule has 1 heterocycles. The Morgan fingerprint density at radius 3 is 2.55 bits per heavy atom. The van der Waals surface area contributed by atoms with Crippen molar-refractivity contribution in [2.24, 2.45) is 5.92 Å². The zero-order valence-corrected chi connectivity index (χ0v) is 13.7. The van der Waals surface area contributed by atoms with Gasteiger partial charge in [0.05, 0.1) is 15.0 Å². The molecule has 5 nitrogen and oxygen atoms in total. The number of β-amino-alcohol motifs (C(OH)–C–C–N with tert-alkyl or cyclic N) is 1. The third kappa shape index (κ3) is 2.25. The fraction of sp³-hybridized carbons (Fsp3) is 0.500. The number of halogens is 2. The molecule has 2 fully saturated rings.